The normalized spacial score (nSPS) is 10.9. The number of rotatable bonds is 33. The minimum Gasteiger partial charge on any atom is -0.481 e. The van der Waals surface area contributed by atoms with Gasteiger partial charge in [0, 0.05) is 12.8 Å². The molecule has 0 aromatic heterocycles. The van der Waals surface area contributed by atoms with Crippen LogP contribution in [-0.2, 0) is 9.59 Å². The summed E-state index contributed by atoms with van der Waals surface area (Å²) in [7, 11) is 0. The zero-order chi connectivity index (χ0) is 30.5. The molecule has 0 amide bonds. The molecule has 41 heavy (non-hydrogen) atoms. The summed E-state index contributed by atoms with van der Waals surface area (Å²) in [5, 5.41) is 17.2. The van der Waals surface area contributed by atoms with E-state index in [-0.39, 0.29) is 0 Å². The van der Waals surface area contributed by atoms with E-state index in [1.807, 2.05) is 0 Å². The van der Waals surface area contributed by atoms with E-state index in [0.29, 0.717) is 12.8 Å². The van der Waals surface area contributed by atoms with Crippen molar-refractivity contribution in [2.45, 2.75) is 212 Å². The Hall–Kier alpha value is -1.10. The van der Waals surface area contributed by atoms with Gasteiger partial charge in [-0.2, -0.15) is 0 Å². The summed E-state index contributed by atoms with van der Waals surface area (Å²) in [6.45, 7) is 3.13. The van der Waals surface area contributed by atoms with Gasteiger partial charge in [0.05, 0.1) is 0 Å². The lowest BCUT2D eigenvalue weighted by Crippen LogP contribution is -1.97. The molecule has 0 aromatic rings. The number of aliphatic carboxylic acids is 2. The van der Waals surface area contributed by atoms with Gasteiger partial charge >= 0.3 is 11.9 Å². The highest BCUT2D eigenvalue weighted by Crippen LogP contribution is 2.15. The number of hydrogen-bond acceptors (Lipinski definition) is 3. The van der Waals surface area contributed by atoms with Crippen LogP contribution in [0.15, 0.2) is 0 Å². The molecular weight excluding hydrogens is 510 g/mol. The van der Waals surface area contributed by atoms with Gasteiger partial charge in [-0.1, -0.05) is 180 Å². The summed E-state index contributed by atoms with van der Waals surface area (Å²) in [6, 6.07) is 0. The second-order valence-corrected chi connectivity index (χ2v) is 12.3. The van der Waals surface area contributed by atoms with E-state index in [0.717, 1.165) is 32.2 Å². The summed E-state index contributed by atoms with van der Waals surface area (Å²) in [5.41, 5.74) is 5.39. The van der Waals surface area contributed by atoms with Gasteiger partial charge in [-0.25, -0.2) is 0 Å². The van der Waals surface area contributed by atoms with Gasteiger partial charge < -0.3 is 15.9 Å². The number of carboxylic acids is 2. The number of unbranched alkanes of at least 4 members (excludes halogenated alkanes) is 28. The third-order valence-electron chi connectivity index (χ3n) is 8.09. The fraction of sp³-hybridized carbons (Fsp3) is 0.944. The number of carboxylic acid groups (broad SMARTS) is 2. The largest absolute Gasteiger partial charge is 0.481 e. The molecule has 0 atom stereocenters. The Morgan fingerprint density at radius 1 is 0.366 bits per heavy atom. The Labute approximate surface area is 256 Å². The maximum absolute atomic E-state index is 10.4. The number of carbonyl (C=O) groups is 2. The maximum Gasteiger partial charge on any atom is 0.303 e. The van der Waals surface area contributed by atoms with E-state index in [2.05, 4.69) is 6.92 Å². The number of nitrogens with two attached hydrogens (primary N) is 1. The van der Waals surface area contributed by atoms with Gasteiger partial charge in [0.1, 0.15) is 0 Å². The van der Waals surface area contributed by atoms with Crippen LogP contribution < -0.4 is 5.73 Å². The second-order valence-electron chi connectivity index (χ2n) is 12.3. The van der Waals surface area contributed by atoms with Crippen LogP contribution in [0.1, 0.15) is 212 Å². The molecular formula is C36H73NO4. The van der Waals surface area contributed by atoms with E-state index >= 15 is 0 Å². The summed E-state index contributed by atoms with van der Waals surface area (Å²) < 4.78 is 0. The zero-order valence-corrected chi connectivity index (χ0v) is 27.6. The molecule has 0 rings (SSSR count). The van der Waals surface area contributed by atoms with Crippen molar-refractivity contribution < 1.29 is 19.8 Å². The molecule has 0 aliphatic carbocycles. The Balaban J connectivity index is 0. The monoisotopic (exact) mass is 584 g/mol. The van der Waals surface area contributed by atoms with Crippen LogP contribution in [-0.4, -0.2) is 28.7 Å². The highest BCUT2D eigenvalue weighted by Gasteiger charge is 1.99. The zero-order valence-electron chi connectivity index (χ0n) is 27.6. The van der Waals surface area contributed by atoms with E-state index in [1.165, 1.54) is 167 Å². The molecule has 0 aliphatic heterocycles. The van der Waals surface area contributed by atoms with Crippen molar-refractivity contribution in [3.05, 3.63) is 0 Å². The molecule has 5 heteroatoms. The molecule has 0 aliphatic rings. The lowest BCUT2D eigenvalue weighted by molar-refractivity contribution is -0.138. The van der Waals surface area contributed by atoms with Crippen LogP contribution in [0.5, 0.6) is 0 Å². The molecule has 5 nitrogen and oxygen atoms in total. The minimum atomic E-state index is -0.662. The summed E-state index contributed by atoms with van der Waals surface area (Å²) in [6.07, 6.45) is 39.6. The van der Waals surface area contributed by atoms with Gasteiger partial charge in [0.2, 0.25) is 0 Å². The Morgan fingerprint density at radius 3 is 0.756 bits per heavy atom. The van der Waals surface area contributed by atoms with Crippen LogP contribution in [0.3, 0.4) is 0 Å². The summed E-state index contributed by atoms with van der Waals surface area (Å²) in [4.78, 5) is 20.8. The highest BCUT2D eigenvalue weighted by molar-refractivity contribution is 5.66. The Morgan fingerprint density at radius 2 is 0.561 bits per heavy atom. The van der Waals surface area contributed by atoms with Crippen molar-refractivity contribution in [2.75, 3.05) is 6.54 Å². The van der Waals surface area contributed by atoms with Gasteiger partial charge in [-0.15, -0.1) is 0 Å². The second kappa shape index (κ2) is 38.9. The lowest BCUT2D eigenvalue weighted by Gasteiger charge is -2.04. The third kappa shape index (κ3) is 46.1. The smallest absolute Gasteiger partial charge is 0.303 e. The minimum absolute atomic E-state index is 0.332. The molecule has 0 unspecified atom stereocenters. The van der Waals surface area contributed by atoms with E-state index in [1.54, 1.807) is 0 Å². The first kappa shape index (κ1) is 42.0. The molecule has 0 radical (unpaired) electrons. The van der Waals surface area contributed by atoms with Crippen molar-refractivity contribution in [3.8, 4) is 0 Å². The fourth-order valence-electron chi connectivity index (χ4n) is 5.37. The topological polar surface area (TPSA) is 101 Å². The Bertz CT molecular complexity index is 468. The molecule has 0 saturated carbocycles. The average Bonchev–Trinajstić information content (AvgIpc) is 2.95. The molecule has 0 heterocycles. The van der Waals surface area contributed by atoms with Gasteiger partial charge in [-0.3, -0.25) is 9.59 Å². The lowest BCUT2D eigenvalue weighted by atomic mass is 10.0. The van der Waals surface area contributed by atoms with Crippen LogP contribution >= 0.6 is 0 Å². The van der Waals surface area contributed by atoms with Crippen molar-refractivity contribution >= 4 is 11.9 Å². The van der Waals surface area contributed by atoms with Gasteiger partial charge in [0.15, 0.2) is 0 Å². The quantitative estimate of drug-likeness (QED) is 0.0667. The van der Waals surface area contributed by atoms with Crippen molar-refractivity contribution in [3.63, 3.8) is 0 Å². The van der Waals surface area contributed by atoms with Crippen molar-refractivity contribution in [1.29, 1.82) is 0 Å². The van der Waals surface area contributed by atoms with Crippen LogP contribution in [0.4, 0.5) is 0 Å². The van der Waals surface area contributed by atoms with Crippen molar-refractivity contribution in [1.82, 2.24) is 0 Å². The number of hydrogen-bond donors (Lipinski definition) is 3. The first-order valence-corrected chi connectivity index (χ1v) is 18.2. The molecule has 0 spiro atoms. The average molecular weight is 584 g/mol. The maximum atomic E-state index is 10.4. The standard InChI is InChI=1S/C26H50O4.C10H23N/c27-25(28)23-21-19-17-15-13-11-9-7-5-3-1-2-4-6-8-10-12-14-16-18-20-22-24-26(29)30;1-2-3-4-5-6-7-8-9-10-11/h1-24H2,(H,27,28)(H,29,30);2-11H2,1H3. The molecule has 4 N–H and O–H groups in total. The SMILES string of the molecule is CCCCCCCCCCN.O=C(O)CCCCCCCCCCCCCCCCCCCCCCCCC(=O)O. The van der Waals surface area contributed by atoms with Crippen molar-refractivity contribution in [2.24, 2.45) is 5.73 Å². The third-order valence-corrected chi connectivity index (χ3v) is 8.09. The predicted octanol–water partition coefficient (Wildman–Crippen LogP) is 11.6. The molecule has 0 bridgehead atoms. The van der Waals surface area contributed by atoms with Gasteiger partial charge in [-0.05, 0) is 25.8 Å². The first-order valence-electron chi connectivity index (χ1n) is 18.2. The molecule has 246 valence electrons. The summed E-state index contributed by atoms with van der Waals surface area (Å²) >= 11 is 0. The summed E-state index contributed by atoms with van der Waals surface area (Å²) in [5.74, 6) is -1.32. The first-order chi connectivity index (χ1) is 20.0. The van der Waals surface area contributed by atoms with E-state index in [9.17, 15) is 9.59 Å². The van der Waals surface area contributed by atoms with Gasteiger partial charge in [0.25, 0.3) is 0 Å². The Kier molecular flexibility index (Phi) is 39.9. The fourth-order valence-corrected chi connectivity index (χ4v) is 5.37. The highest BCUT2D eigenvalue weighted by atomic mass is 16.4. The van der Waals surface area contributed by atoms with Crippen LogP contribution in [0.2, 0.25) is 0 Å². The molecule has 0 saturated heterocycles. The van der Waals surface area contributed by atoms with Crippen LogP contribution in [0.25, 0.3) is 0 Å². The molecule has 0 fully saturated rings. The van der Waals surface area contributed by atoms with Crippen LogP contribution in [0, 0.1) is 0 Å². The van der Waals surface area contributed by atoms with E-state index < -0.39 is 11.9 Å². The predicted molar refractivity (Wildman–Crippen MR) is 178 cm³/mol. The molecule has 0 aromatic carbocycles. The van der Waals surface area contributed by atoms with E-state index in [4.69, 9.17) is 15.9 Å².